The number of rotatable bonds is 7. The minimum Gasteiger partial charge on any atom is -0.487 e. The highest BCUT2D eigenvalue weighted by Gasteiger charge is 2.08. The van der Waals surface area contributed by atoms with Crippen molar-refractivity contribution >= 4 is 11.7 Å². The van der Waals surface area contributed by atoms with Gasteiger partial charge in [0.05, 0.1) is 5.57 Å². The molecule has 0 aliphatic heterocycles. The van der Waals surface area contributed by atoms with Gasteiger partial charge < -0.3 is 15.6 Å². The summed E-state index contributed by atoms with van der Waals surface area (Å²) in [6.07, 6.45) is 5.65. The molecule has 0 unspecified atom stereocenters. The van der Waals surface area contributed by atoms with E-state index in [4.69, 9.17) is 15.6 Å². The Morgan fingerprint density at radius 3 is 2.39 bits per heavy atom. The Kier molecular flexibility index (Phi) is 6.73. The van der Waals surface area contributed by atoms with E-state index in [2.05, 4.69) is 6.58 Å². The fraction of sp³-hybridized carbons (Fsp3) is 0.118. The smallest absolute Gasteiger partial charge is 0.335 e. The van der Waals surface area contributed by atoms with Gasteiger partial charge in [-0.15, -0.1) is 0 Å². The molecule has 3 N–H and O–H groups in total. The summed E-state index contributed by atoms with van der Waals surface area (Å²) in [7, 11) is 0. The molecule has 4 nitrogen and oxygen atoms in total. The van der Waals surface area contributed by atoms with Gasteiger partial charge in [0.15, 0.2) is 0 Å². The molecule has 1 rings (SSSR count). The molecule has 0 aliphatic carbocycles. The van der Waals surface area contributed by atoms with Gasteiger partial charge in [-0.1, -0.05) is 18.7 Å². The van der Waals surface area contributed by atoms with Crippen LogP contribution >= 0.6 is 0 Å². The number of carboxylic acid groups (broad SMARTS) is 1. The molecular weight excluding hydrogens is 304 g/mol. The molecule has 0 saturated heterocycles. The minimum absolute atomic E-state index is 0.0427. The van der Waals surface area contributed by atoms with E-state index in [9.17, 15) is 13.6 Å². The summed E-state index contributed by atoms with van der Waals surface area (Å²) in [5, 5.41) is 8.73. The first-order valence-electron chi connectivity index (χ1n) is 6.64. The fourth-order valence-electron chi connectivity index (χ4n) is 1.59. The minimum atomic E-state index is -1.13. The standard InChI is InChI=1S/C17H17F2NO3/c1-3-12(5-4-11(2)17(21)22)10-23-16(9-20)13-6-14(18)8-15(19)7-13/h3-9H,2,10,20H2,1H3,(H,21,22)/b5-4-,12-3+,16-9-. The van der Waals surface area contributed by atoms with Gasteiger partial charge in [-0.25, -0.2) is 13.6 Å². The summed E-state index contributed by atoms with van der Waals surface area (Å²) in [4.78, 5) is 10.7. The maximum absolute atomic E-state index is 13.2. The highest BCUT2D eigenvalue weighted by atomic mass is 19.1. The van der Waals surface area contributed by atoms with Gasteiger partial charge in [0, 0.05) is 17.8 Å². The molecule has 0 fully saturated rings. The van der Waals surface area contributed by atoms with Crippen molar-refractivity contribution in [3.63, 3.8) is 0 Å². The third-order valence-electron chi connectivity index (χ3n) is 2.84. The monoisotopic (exact) mass is 321 g/mol. The van der Waals surface area contributed by atoms with Gasteiger partial charge in [0.1, 0.15) is 24.0 Å². The van der Waals surface area contributed by atoms with Crippen LogP contribution in [0.5, 0.6) is 0 Å². The predicted octanol–water partition coefficient (Wildman–Crippen LogP) is 3.38. The molecule has 0 amide bonds. The summed E-state index contributed by atoms with van der Waals surface area (Å²) in [5.41, 5.74) is 6.16. The van der Waals surface area contributed by atoms with Gasteiger partial charge in [-0.2, -0.15) is 0 Å². The molecule has 1 aromatic rings. The maximum Gasteiger partial charge on any atom is 0.335 e. The SMILES string of the molecule is C=C(/C=C\C(=C/C)CO/C(=C\N)c1cc(F)cc(F)c1)C(=O)O. The number of nitrogens with two attached hydrogens (primary N) is 1. The molecule has 0 radical (unpaired) electrons. The van der Waals surface area contributed by atoms with Crippen LogP contribution in [0.3, 0.4) is 0 Å². The Morgan fingerprint density at radius 1 is 1.30 bits per heavy atom. The van der Waals surface area contributed by atoms with Crippen LogP contribution in [0.1, 0.15) is 12.5 Å². The van der Waals surface area contributed by atoms with E-state index >= 15 is 0 Å². The van der Waals surface area contributed by atoms with Gasteiger partial charge >= 0.3 is 5.97 Å². The molecule has 0 spiro atoms. The molecule has 0 heterocycles. The average Bonchev–Trinajstić information content (AvgIpc) is 2.49. The molecule has 0 bridgehead atoms. The van der Waals surface area contributed by atoms with E-state index in [0.717, 1.165) is 24.4 Å². The summed E-state index contributed by atoms with van der Waals surface area (Å²) in [6.45, 7) is 5.15. The van der Waals surface area contributed by atoms with E-state index in [0.29, 0.717) is 5.57 Å². The second kappa shape index (κ2) is 8.53. The van der Waals surface area contributed by atoms with Crippen LogP contribution in [0, 0.1) is 11.6 Å². The van der Waals surface area contributed by atoms with Crippen molar-refractivity contribution < 1.29 is 23.4 Å². The molecule has 0 aromatic heterocycles. The highest BCUT2D eigenvalue weighted by molar-refractivity contribution is 5.89. The number of carbonyl (C=O) groups is 1. The number of halogens is 2. The fourth-order valence-corrected chi connectivity index (χ4v) is 1.59. The quantitative estimate of drug-likeness (QED) is 0.459. The van der Waals surface area contributed by atoms with Crippen molar-refractivity contribution in [1.82, 2.24) is 0 Å². The molecule has 122 valence electrons. The lowest BCUT2D eigenvalue weighted by Gasteiger charge is -2.11. The van der Waals surface area contributed by atoms with Gasteiger partial charge in [-0.05, 0) is 30.7 Å². The Labute approximate surface area is 132 Å². The first kappa shape index (κ1) is 18.2. The second-order valence-corrected chi connectivity index (χ2v) is 4.51. The van der Waals surface area contributed by atoms with Crippen molar-refractivity contribution in [2.45, 2.75) is 6.92 Å². The first-order valence-corrected chi connectivity index (χ1v) is 6.64. The zero-order valence-corrected chi connectivity index (χ0v) is 12.6. The third kappa shape index (κ3) is 5.78. The zero-order valence-electron chi connectivity index (χ0n) is 12.6. The van der Waals surface area contributed by atoms with Crippen LogP contribution in [-0.2, 0) is 9.53 Å². The topological polar surface area (TPSA) is 72.5 Å². The number of ether oxygens (including phenoxy) is 1. The molecular formula is C17H17F2NO3. The lowest BCUT2D eigenvalue weighted by atomic mass is 10.1. The van der Waals surface area contributed by atoms with Gasteiger partial charge in [0.25, 0.3) is 0 Å². The van der Waals surface area contributed by atoms with Crippen LogP contribution in [-0.4, -0.2) is 17.7 Å². The third-order valence-corrected chi connectivity index (χ3v) is 2.84. The van der Waals surface area contributed by atoms with E-state index < -0.39 is 17.6 Å². The summed E-state index contributed by atoms with van der Waals surface area (Å²) < 4.78 is 31.9. The summed E-state index contributed by atoms with van der Waals surface area (Å²) in [6, 6.07) is 2.94. The van der Waals surface area contributed by atoms with Gasteiger partial charge in [-0.3, -0.25) is 0 Å². The average molecular weight is 321 g/mol. The Bertz CT molecular complexity index is 671. The Hall–Kier alpha value is -2.89. The second-order valence-electron chi connectivity index (χ2n) is 4.51. The normalized spacial score (nSPS) is 12.5. The van der Waals surface area contributed by atoms with Crippen molar-refractivity contribution in [1.29, 1.82) is 0 Å². The van der Waals surface area contributed by atoms with Crippen LogP contribution in [0.4, 0.5) is 8.78 Å². The number of aliphatic carboxylic acids is 1. The number of carboxylic acids is 1. The molecule has 1 aromatic carbocycles. The highest BCUT2D eigenvalue weighted by Crippen LogP contribution is 2.19. The van der Waals surface area contributed by atoms with Crippen LogP contribution in [0.15, 0.2) is 60.4 Å². The van der Waals surface area contributed by atoms with E-state index in [1.165, 1.54) is 12.2 Å². The lowest BCUT2D eigenvalue weighted by molar-refractivity contribution is -0.132. The number of allylic oxidation sites excluding steroid dienone is 1. The van der Waals surface area contributed by atoms with Crippen molar-refractivity contribution in [3.05, 3.63) is 77.6 Å². The summed E-state index contributed by atoms with van der Waals surface area (Å²) in [5.74, 6) is -2.51. The first-order chi connectivity index (χ1) is 10.9. The van der Waals surface area contributed by atoms with E-state index in [1.807, 2.05) is 0 Å². The molecule has 0 atom stereocenters. The lowest BCUT2D eigenvalue weighted by Crippen LogP contribution is -2.01. The van der Waals surface area contributed by atoms with Crippen molar-refractivity contribution in [2.75, 3.05) is 6.61 Å². The van der Waals surface area contributed by atoms with Crippen LogP contribution in [0.25, 0.3) is 5.76 Å². The van der Waals surface area contributed by atoms with E-state index in [-0.39, 0.29) is 23.5 Å². The van der Waals surface area contributed by atoms with Crippen molar-refractivity contribution in [2.24, 2.45) is 5.73 Å². The van der Waals surface area contributed by atoms with Gasteiger partial charge in [0.2, 0.25) is 0 Å². The number of benzene rings is 1. The predicted molar refractivity (Wildman–Crippen MR) is 84.1 cm³/mol. The Morgan fingerprint density at radius 2 is 1.91 bits per heavy atom. The zero-order chi connectivity index (χ0) is 17.4. The summed E-state index contributed by atoms with van der Waals surface area (Å²) >= 11 is 0. The van der Waals surface area contributed by atoms with Crippen LogP contribution < -0.4 is 5.73 Å². The van der Waals surface area contributed by atoms with Crippen LogP contribution in [0.2, 0.25) is 0 Å². The van der Waals surface area contributed by atoms with E-state index in [1.54, 1.807) is 13.0 Å². The Balaban J connectivity index is 2.80. The molecule has 0 aliphatic rings. The van der Waals surface area contributed by atoms with Crippen molar-refractivity contribution in [3.8, 4) is 0 Å². The molecule has 0 saturated carbocycles. The maximum atomic E-state index is 13.2. The number of hydrogen-bond acceptors (Lipinski definition) is 3. The largest absolute Gasteiger partial charge is 0.487 e. The molecule has 23 heavy (non-hydrogen) atoms. The molecule has 6 heteroatoms. The number of hydrogen-bond donors (Lipinski definition) is 2.